The molecule has 0 aliphatic carbocycles. The van der Waals surface area contributed by atoms with Crippen LogP contribution in [0.3, 0.4) is 0 Å². The van der Waals surface area contributed by atoms with Gasteiger partial charge < -0.3 is 9.80 Å². The van der Waals surface area contributed by atoms with Crippen LogP contribution >= 0.6 is 11.3 Å². The third-order valence-electron chi connectivity index (χ3n) is 4.91. The molecule has 0 bridgehead atoms. The molecular formula is C18H19N3O2S. The van der Waals surface area contributed by atoms with Crippen LogP contribution < -0.4 is 4.90 Å². The Bertz CT molecular complexity index is 732. The van der Waals surface area contributed by atoms with Crippen molar-refractivity contribution in [2.45, 2.75) is 37.8 Å². The molecule has 2 saturated heterocycles. The molecule has 2 aliphatic heterocycles. The van der Waals surface area contributed by atoms with E-state index in [0.29, 0.717) is 12.8 Å². The molecule has 2 aliphatic rings. The second-order valence-electron chi connectivity index (χ2n) is 6.28. The topological polar surface area (TPSA) is 53.5 Å². The minimum absolute atomic E-state index is 0.0720. The fourth-order valence-corrected chi connectivity index (χ4v) is 4.56. The molecule has 6 heteroatoms. The molecule has 4 heterocycles. The van der Waals surface area contributed by atoms with Crippen LogP contribution in [0, 0.1) is 0 Å². The number of nitrogens with zero attached hydrogens (tertiary/aromatic N) is 3. The van der Waals surface area contributed by atoms with Gasteiger partial charge in [0.1, 0.15) is 0 Å². The number of rotatable bonds is 3. The highest BCUT2D eigenvalue weighted by Gasteiger charge is 2.45. The van der Waals surface area contributed by atoms with Gasteiger partial charge in [0.25, 0.3) is 0 Å². The number of pyridine rings is 1. The second-order valence-corrected chi connectivity index (χ2v) is 7.31. The zero-order valence-corrected chi connectivity index (χ0v) is 14.1. The zero-order chi connectivity index (χ0) is 16.5. The Morgan fingerprint density at radius 1 is 1.25 bits per heavy atom. The number of amides is 2. The minimum atomic E-state index is 0.0720. The largest absolute Gasteiger partial charge is 0.337 e. The van der Waals surface area contributed by atoms with Gasteiger partial charge in [0.05, 0.1) is 30.4 Å². The summed E-state index contributed by atoms with van der Waals surface area (Å²) in [6.45, 7) is 0.726. The van der Waals surface area contributed by atoms with Gasteiger partial charge >= 0.3 is 0 Å². The first-order valence-corrected chi connectivity index (χ1v) is 9.16. The van der Waals surface area contributed by atoms with Crippen LogP contribution in [0.2, 0.25) is 0 Å². The van der Waals surface area contributed by atoms with Crippen LogP contribution in [0.15, 0.2) is 42.0 Å². The Kier molecular flexibility index (Phi) is 4.06. The molecule has 0 radical (unpaired) electrons. The molecule has 0 N–H and O–H groups in total. The van der Waals surface area contributed by atoms with Gasteiger partial charge in [0, 0.05) is 24.0 Å². The van der Waals surface area contributed by atoms with Crippen LogP contribution in [-0.4, -0.2) is 40.3 Å². The Labute approximate surface area is 144 Å². The van der Waals surface area contributed by atoms with Crippen molar-refractivity contribution in [3.05, 3.63) is 46.9 Å². The van der Waals surface area contributed by atoms with Gasteiger partial charge in [-0.3, -0.25) is 14.6 Å². The normalized spacial score (nSPS) is 23.4. The first-order chi connectivity index (χ1) is 11.7. The summed E-state index contributed by atoms with van der Waals surface area (Å²) in [5.41, 5.74) is 0.838. The van der Waals surface area contributed by atoms with Gasteiger partial charge in [-0.05, 0) is 36.4 Å². The van der Waals surface area contributed by atoms with E-state index in [1.807, 2.05) is 39.4 Å². The summed E-state index contributed by atoms with van der Waals surface area (Å²) < 4.78 is 0. The van der Waals surface area contributed by atoms with Crippen LogP contribution in [0.1, 0.15) is 24.1 Å². The van der Waals surface area contributed by atoms with Gasteiger partial charge in [0.15, 0.2) is 0 Å². The smallest absolute Gasteiger partial charge is 0.228 e. The molecular weight excluding hydrogens is 322 g/mol. The van der Waals surface area contributed by atoms with E-state index in [4.69, 9.17) is 0 Å². The fourth-order valence-electron chi connectivity index (χ4n) is 3.87. The molecule has 124 valence electrons. The lowest BCUT2D eigenvalue weighted by Gasteiger charge is -2.39. The van der Waals surface area contributed by atoms with E-state index in [1.165, 1.54) is 0 Å². The molecule has 2 atom stereocenters. The zero-order valence-electron chi connectivity index (χ0n) is 13.3. The number of piperidine rings is 1. The maximum absolute atomic E-state index is 12.7. The van der Waals surface area contributed by atoms with E-state index < -0.39 is 0 Å². The molecule has 0 aromatic carbocycles. The van der Waals surface area contributed by atoms with Crippen molar-refractivity contribution in [1.29, 1.82) is 0 Å². The predicted molar refractivity (Wildman–Crippen MR) is 92.9 cm³/mol. The molecule has 0 spiro atoms. The first-order valence-electron chi connectivity index (χ1n) is 8.28. The van der Waals surface area contributed by atoms with Crippen molar-refractivity contribution < 1.29 is 9.59 Å². The van der Waals surface area contributed by atoms with Gasteiger partial charge in [0.2, 0.25) is 11.8 Å². The van der Waals surface area contributed by atoms with Crippen molar-refractivity contribution in [2.24, 2.45) is 0 Å². The minimum Gasteiger partial charge on any atom is -0.337 e. The molecule has 0 saturated carbocycles. The van der Waals surface area contributed by atoms with Gasteiger partial charge in [-0.2, -0.15) is 0 Å². The van der Waals surface area contributed by atoms with Crippen molar-refractivity contribution in [3.63, 3.8) is 0 Å². The Morgan fingerprint density at radius 2 is 2.17 bits per heavy atom. The van der Waals surface area contributed by atoms with Crippen molar-refractivity contribution >= 4 is 28.8 Å². The Hall–Kier alpha value is -2.21. The second kappa shape index (κ2) is 6.36. The number of hydrogen-bond acceptors (Lipinski definition) is 4. The summed E-state index contributed by atoms with van der Waals surface area (Å²) in [5.74, 6) is 0.308. The van der Waals surface area contributed by atoms with Crippen molar-refractivity contribution in [1.82, 2.24) is 9.88 Å². The maximum Gasteiger partial charge on any atom is 0.228 e. The van der Waals surface area contributed by atoms with E-state index in [0.717, 1.165) is 30.0 Å². The number of carbonyl (C=O) groups is 2. The van der Waals surface area contributed by atoms with E-state index in [9.17, 15) is 9.59 Å². The quantitative estimate of drug-likeness (QED) is 0.862. The fraction of sp³-hybridized carbons (Fsp3) is 0.389. The average Bonchev–Trinajstić information content (AvgIpc) is 3.25. The molecule has 24 heavy (non-hydrogen) atoms. The summed E-state index contributed by atoms with van der Waals surface area (Å²) in [6, 6.07) is 7.94. The third kappa shape index (κ3) is 2.71. The maximum atomic E-state index is 12.7. The lowest BCUT2D eigenvalue weighted by molar-refractivity contribution is -0.133. The number of thiophene rings is 1. The SMILES string of the molecule is O=C(Cc1cccs1)N1CC[C@H]2[C@@H]1CCC(=O)N2c1cccnc1. The average molecular weight is 341 g/mol. The van der Waals surface area contributed by atoms with Crippen molar-refractivity contribution in [3.8, 4) is 0 Å². The summed E-state index contributed by atoms with van der Waals surface area (Å²) in [4.78, 5) is 34.3. The predicted octanol–water partition coefficient (Wildman–Crippen LogP) is 2.48. The van der Waals surface area contributed by atoms with E-state index in [1.54, 1.807) is 23.7 Å². The summed E-state index contributed by atoms with van der Waals surface area (Å²) >= 11 is 1.62. The number of anilines is 1. The van der Waals surface area contributed by atoms with Crippen molar-refractivity contribution in [2.75, 3.05) is 11.4 Å². The molecule has 4 rings (SSSR count). The summed E-state index contributed by atoms with van der Waals surface area (Å²) in [7, 11) is 0. The molecule has 2 amide bonds. The van der Waals surface area contributed by atoms with Crippen LogP contribution in [0.25, 0.3) is 0 Å². The van der Waals surface area contributed by atoms with Gasteiger partial charge in [-0.25, -0.2) is 0 Å². The van der Waals surface area contributed by atoms with Gasteiger partial charge in [-0.1, -0.05) is 6.07 Å². The van der Waals surface area contributed by atoms with Gasteiger partial charge in [-0.15, -0.1) is 11.3 Å². The lowest BCUT2D eigenvalue weighted by Crippen LogP contribution is -2.53. The van der Waals surface area contributed by atoms with Crippen LogP contribution in [-0.2, 0) is 16.0 Å². The Balaban J connectivity index is 1.54. The number of likely N-dealkylation sites (tertiary alicyclic amines) is 1. The molecule has 2 fully saturated rings. The lowest BCUT2D eigenvalue weighted by atomic mass is 9.95. The monoisotopic (exact) mass is 341 g/mol. The molecule has 2 aromatic heterocycles. The van der Waals surface area contributed by atoms with Crippen LogP contribution in [0.4, 0.5) is 5.69 Å². The highest BCUT2D eigenvalue weighted by Crippen LogP contribution is 2.34. The third-order valence-corrected chi connectivity index (χ3v) is 5.79. The molecule has 2 aromatic rings. The highest BCUT2D eigenvalue weighted by molar-refractivity contribution is 7.10. The number of aromatic nitrogens is 1. The summed E-state index contributed by atoms with van der Waals surface area (Å²) in [6.07, 6.45) is 5.98. The first kappa shape index (κ1) is 15.3. The van der Waals surface area contributed by atoms with E-state index in [2.05, 4.69) is 4.98 Å². The van der Waals surface area contributed by atoms with E-state index >= 15 is 0 Å². The Morgan fingerprint density at radius 3 is 2.92 bits per heavy atom. The van der Waals surface area contributed by atoms with Crippen LogP contribution in [0.5, 0.6) is 0 Å². The molecule has 0 unspecified atom stereocenters. The number of hydrogen-bond donors (Lipinski definition) is 0. The number of fused-ring (bicyclic) bond motifs is 1. The van der Waals surface area contributed by atoms with E-state index in [-0.39, 0.29) is 23.9 Å². The standard InChI is InChI=1S/C18H19N3O2S/c22-17-6-5-15-16(21(17)13-3-1-8-19-12-13)7-9-20(15)18(23)11-14-4-2-10-24-14/h1-4,8,10,12,15-16H,5-7,9,11H2/t15-,16-/m0/s1. The highest BCUT2D eigenvalue weighted by atomic mass is 32.1. The number of carbonyl (C=O) groups excluding carboxylic acids is 2. The summed E-state index contributed by atoms with van der Waals surface area (Å²) in [5, 5.41) is 2.00. The molecule has 5 nitrogen and oxygen atoms in total.